The van der Waals surface area contributed by atoms with Gasteiger partial charge in [0.05, 0.1) is 6.20 Å². The minimum atomic E-state index is -0.220. The Morgan fingerprint density at radius 1 is 0.897 bits per heavy atom. The summed E-state index contributed by atoms with van der Waals surface area (Å²) in [5.41, 5.74) is 1.83. The molecule has 1 aromatic heterocycles. The number of anilines is 4. The average Bonchev–Trinajstić information content (AvgIpc) is 3.23. The van der Waals surface area contributed by atoms with E-state index >= 15 is 0 Å². The number of piperazine rings is 1. The molecule has 0 unspecified atom stereocenters. The lowest BCUT2D eigenvalue weighted by Crippen LogP contribution is -2.46. The second kappa shape index (κ2) is 7.42. The predicted molar refractivity (Wildman–Crippen MR) is 107 cm³/mol. The summed E-state index contributed by atoms with van der Waals surface area (Å²) in [7, 11) is 0. The highest BCUT2D eigenvalue weighted by Gasteiger charge is 2.19. The summed E-state index contributed by atoms with van der Waals surface area (Å²) in [6.07, 6.45) is 1.67. The van der Waals surface area contributed by atoms with Gasteiger partial charge in [-0.3, -0.25) is 0 Å². The smallest absolute Gasteiger partial charge is 0.249 e. The van der Waals surface area contributed by atoms with E-state index in [0.29, 0.717) is 11.7 Å². The third kappa shape index (κ3) is 3.71. The standard InChI is InChI=1S/C20H19FN6O2/c21-14-1-4-16(5-2-14)26-7-9-27(10-8-26)19-12-22-25-20(24-19)23-15-3-6-17-18(11-15)29-13-28-17/h1-6,11-12H,7-10,13H2,(H,23,24,25). The number of benzene rings is 2. The maximum Gasteiger partial charge on any atom is 0.249 e. The van der Waals surface area contributed by atoms with E-state index in [-0.39, 0.29) is 12.6 Å². The van der Waals surface area contributed by atoms with E-state index in [1.54, 1.807) is 6.20 Å². The van der Waals surface area contributed by atoms with E-state index in [1.165, 1.54) is 12.1 Å². The summed E-state index contributed by atoms with van der Waals surface area (Å²) in [4.78, 5) is 8.99. The van der Waals surface area contributed by atoms with Gasteiger partial charge in [0.15, 0.2) is 17.3 Å². The zero-order valence-corrected chi connectivity index (χ0v) is 15.6. The van der Waals surface area contributed by atoms with E-state index < -0.39 is 0 Å². The first-order chi connectivity index (χ1) is 14.2. The zero-order chi connectivity index (χ0) is 19.6. The van der Waals surface area contributed by atoms with Crippen LogP contribution in [0.15, 0.2) is 48.7 Å². The highest BCUT2D eigenvalue weighted by atomic mass is 19.1. The van der Waals surface area contributed by atoms with Crippen LogP contribution in [-0.2, 0) is 0 Å². The molecule has 2 aliphatic rings. The van der Waals surface area contributed by atoms with Gasteiger partial charge in [-0.15, -0.1) is 5.10 Å². The van der Waals surface area contributed by atoms with Gasteiger partial charge in [-0.05, 0) is 36.4 Å². The second-order valence-electron chi connectivity index (χ2n) is 6.78. The maximum atomic E-state index is 13.1. The van der Waals surface area contributed by atoms with Crippen molar-refractivity contribution in [1.29, 1.82) is 0 Å². The minimum Gasteiger partial charge on any atom is -0.454 e. The summed E-state index contributed by atoms with van der Waals surface area (Å²) in [5, 5.41) is 11.3. The third-order valence-electron chi connectivity index (χ3n) is 4.97. The molecule has 9 heteroatoms. The molecule has 3 heterocycles. The van der Waals surface area contributed by atoms with Crippen LogP contribution in [-0.4, -0.2) is 48.2 Å². The second-order valence-corrected chi connectivity index (χ2v) is 6.78. The van der Waals surface area contributed by atoms with E-state index in [2.05, 4.69) is 30.3 Å². The summed E-state index contributed by atoms with van der Waals surface area (Å²) in [6, 6.07) is 12.2. The van der Waals surface area contributed by atoms with E-state index in [0.717, 1.165) is 49.1 Å². The number of nitrogens with one attached hydrogen (secondary N) is 1. The number of aromatic nitrogens is 3. The normalized spacial score (nSPS) is 15.5. The number of rotatable bonds is 4. The SMILES string of the molecule is Fc1ccc(N2CCN(c3cnnc(Nc4ccc5c(c4)OCO5)n3)CC2)cc1. The van der Waals surface area contributed by atoms with Crippen LogP contribution in [0.4, 0.5) is 27.5 Å². The number of ether oxygens (including phenoxy) is 2. The van der Waals surface area contributed by atoms with Crippen LogP contribution in [0, 0.1) is 5.82 Å². The van der Waals surface area contributed by atoms with Gasteiger partial charge < -0.3 is 24.6 Å². The Kier molecular flexibility index (Phi) is 4.47. The Balaban J connectivity index is 1.25. The van der Waals surface area contributed by atoms with Crippen LogP contribution in [0.2, 0.25) is 0 Å². The first-order valence-corrected chi connectivity index (χ1v) is 9.36. The van der Waals surface area contributed by atoms with Crippen LogP contribution in [0.5, 0.6) is 11.5 Å². The quantitative estimate of drug-likeness (QED) is 0.724. The summed E-state index contributed by atoms with van der Waals surface area (Å²) in [5.74, 6) is 2.38. The van der Waals surface area contributed by atoms with Gasteiger partial charge in [-0.1, -0.05) is 0 Å². The van der Waals surface area contributed by atoms with Crippen molar-refractivity contribution in [2.45, 2.75) is 0 Å². The molecular weight excluding hydrogens is 375 g/mol. The molecule has 5 rings (SSSR count). The molecule has 0 aliphatic carbocycles. The van der Waals surface area contributed by atoms with Crippen LogP contribution < -0.4 is 24.6 Å². The van der Waals surface area contributed by atoms with Crippen LogP contribution >= 0.6 is 0 Å². The molecule has 8 nitrogen and oxygen atoms in total. The van der Waals surface area contributed by atoms with Crippen LogP contribution in [0.3, 0.4) is 0 Å². The molecule has 29 heavy (non-hydrogen) atoms. The molecule has 0 spiro atoms. The molecule has 2 aromatic carbocycles. The fourth-order valence-corrected chi connectivity index (χ4v) is 3.45. The Morgan fingerprint density at radius 2 is 1.66 bits per heavy atom. The minimum absolute atomic E-state index is 0.220. The van der Waals surface area contributed by atoms with Crippen LogP contribution in [0.25, 0.3) is 0 Å². The van der Waals surface area contributed by atoms with Gasteiger partial charge in [0.1, 0.15) is 5.82 Å². The van der Waals surface area contributed by atoms with Crippen molar-refractivity contribution in [3.05, 3.63) is 54.5 Å². The van der Waals surface area contributed by atoms with Gasteiger partial charge in [0, 0.05) is 43.6 Å². The van der Waals surface area contributed by atoms with Crippen molar-refractivity contribution in [2.75, 3.05) is 48.1 Å². The lowest BCUT2D eigenvalue weighted by molar-refractivity contribution is 0.174. The van der Waals surface area contributed by atoms with Gasteiger partial charge in [0.25, 0.3) is 0 Å². The molecule has 0 saturated carbocycles. The van der Waals surface area contributed by atoms with Crippen molar-refractivity contribution in [2.24, 2.45) is 0 Å². The average molecular weight is 394 g/mol. The molecule has 0 radical (unpaired) electrons. The topological polar surface area (TPSA) is 75.6 Å². The van der Waals surface area contributed by atoms with Crippen molar-refractivity contribution in [1.82, 2.24) is 15.2 Å². The molecule has 1 N–H and O–H groups in total. The fraction of sp³-hybridized carbons (Fsp3) is 0.250. The summed E-state index contributed by atoms with van der Waals surface area (Å²) < 4.78 is 23.9. The molecule has 148 valence electrons. The Hall–Kier alpha value is -3.62. The molecule has 0 bridgehead atoms. The molecular formula is C20H19FN6O2. The van der Waals surface area contributed by atoms with Crippen molar-refractivity contribution >= 4 is 23.1 Å². The highest BCUT2D eigenvalue weighted by Crippen LogP contribution is 2.34. The molecule has 2 aliphatic heterocycles. The van der Waals surface area contributed by atoms with Gasteiger partial charge in [0.2, 0.25) is 12.7 Å². The molecule has 0 atom stereocenters. The number of fused-ring (bicyclic) bond motifs is 1. The Morgan fingerprint density at radius 3 is 2.48 bits per heavy atom. The van der Waals surface area contributed by atoms with E-state index in [9.17, 15) is 4.39 Å². The third-order valence-corrected chi connectivity index (χ3v) is 4.97. The monoisotopic (exact) mass is 394 g/mol. The summed E-state index contributed by atoms with van der Waals surface area (Å²) >= 11 is 0. The lowest BCUT2D eigenvalue weighted by Gasteiger charge is -2.36. The van der Waals surface area contributed by atoms with Crippen molar-refractivity contribution in [3.8, 4) is 11.5 Å². The fourth-order valence-electron chi connectivity index (χ4n) is 3.45. The van der Waals surface area contributed by atoms with E-state index in [1.807, 2.05) is 30.3 Å². The zero-order valence-electron chi connectivity index (χ0n) is 15.6. The number of hydrogen-bond donors (Lipinski definition) is 1. The Bertz CT molecular complexity index is 1010. The lowest BCUT2D eigenvalue weighted by atomic mass is 10.2. The molecule has 0 amide bonds. The summed E-state index contributed by atoms with van der Waals surface area (Å²) in [6.45, 7) is 3.45. The van der Waals surface area contributed by atoms with Crippen LogP contribution in [0.1, 0.15) is 0 Å². The van der Waals surface area contributed by atoms with Gasteiger partial charge >= 0.3 is 0 Å². The number of nitrogens with zero attached hydrogens (tertiary/aromatic N) is 5. The van der Waals surface area contributed by atoms with Crippen molar-refractivity contribution < 1.29 is 13.9 Å². The first kappa shape index (κ1) is 17.5. The van der Waals surface area contributed by atoms with E-state index in [4.69, 9.17) is 9.47 Å². The van der Waals surface area contributed by atoms with Crippen molar-refractivity contribution in [3.63, 3.8) is 0 Å². The predicted octanol–water partition coefficient (Wildman–Crippen LogP) is 2.81. The highest BCUT2D eigenvalue weighted by molar-refractivity contribution is 5.61. The Labute approximate surface area is 166 Å². The molecule has 1 saturated heterocycles. The maximum absolute atomic E-state index is 13.1. The van der Waals surface area contributed by atoms with Gasteiger partial charge in [-0.2, -0.15) is 10.1 Å². The molecule has 3 aromatic rings. The number of hydrogen-bond acceptors (Lipinski definition) is 8. The molecule has 1 fully saturated rings. The largest absolute Gasteiger partial charge is 0.454 e. The number of halogens is 1. The van der Waals surface area contributed by atoms with Gasteiger partial charge in [-0.25, -0.2) is 4.39 Å². The first-order valence-electron chi connectivity index (χ1n) is 9.36.